The zero-order valence-electron chi connectivity index (χ0n) is 9.86. The highest BCUT2D eigenvalue weighted by Crippen LogP contribution is 2.26. The van der Waals surface area contributed by atoms with Gasteiger partial charge in [0.2, 0.25) is 0 Å². The Bertz CT molecular complexity index is 694. The Labute approximate surface area is 119 Å². The zero-order chi connectivity index (χ0) is 13.5. The van der Waals surface area contributed by atoms with Crippen molar-refractivity contribution in [1.82, 2.24) is 19.1 Å². The molecule has 0 radical (unpaired) electrons. The van der Waals surface area contributed by atoms with Gasteiger partial charge >= 0.3 is 0 Å². The van der Waals surface area contributed by atoms with Crippen LogP contribution in [-0.2, 0) is 29.0 Å². The van der Waals surface area contributed by atoms with Crippen LogP contribution in [0.15, 0.2) is 22.0 Å². The molecule has 6 nitrogen and oxygen atoms in total. The molecule has 0 unspecified atom stereocenters. The summed E-state index contributed by atoms with van der Waals surface area (Å²) in [6.07, 6.45) is 1.62. The third-order valence-electron chi connectivity index (χ3n) is 2.98. The highest BCUT2D eigenvalue weighted by molar-refractivity contribution is 7.91. The summed E-state index contributed by atoms with van der Waals surface area (Å²) in [6, 6.07) is 1.63. The SMILES string of the molecule is O=S(=O)(c1cc(CCl)cs1)N1CCn2cnnc2C1. The lowest BCUT2D eigenvalue weighted by molar-refractivity contribution is 0.336. The molecule has 0 saturated carbocycles. The molecule has 2 aromatic heterocycles. The second-order valence-electron chi connectivity index (χ2n) is 4.19. The lowest BCUT2D eigenvalue weighted by Gasteiger charge is -2.25. The van der Waals surface area contributed by atoms with Gasteiger partial charge in [-0.25, -0.2) is 8.42 Å². The molecule has 19 heavy (non-hydrogen) atoms. The van der Waals surface area contributed by atoms with Crippen molar-refractivity contribution in [2.45, 2.75) is 23.2 Å². The van der Waals surface area contributed by atoms with Crippen LogP contribution in [0.1, 0.15) is 11.4 Å². The first-order valence-corrected chi connectivity index (χ1v) is 8.47. The van der Waals surface area contributed by atoms with Crippen molar-refractivity contribution in [1.29, 1.82) is 0 Å². The van der Waals surface area contributed by atoms with E-state index in [1.807, 2.05) is 4.57 Å². The Kier molecular flexibility index (Phi) is 3.34. The minimum Gasteiger partial charge on any atom is -0.315 e. The molecular weight excluding hydrogens is 308 g/mol. The maximum Gasteiger partial charge on any atom is 0.253 e. The summed E-state index contributed by atoms with van der Waals surface area (Å²) in [7, 11) is -3.46. The molecule has 0 N–H and O–H groups in total. The molecule has 2 aromatic rings. The van der Waals surface area contributed by atoms with Crippen LogP contribution in [0.3, 0.4) is 0 Å². The van der Waals surface area contributed by atoms with Gasteiger partial charge in [0.1, 0.15) is 16.4 Å². The molecule has 102 valence electrons. The van der Waals surface area contributed by atoms with Crippen molar-refractivity contribution in [2.24, 2.45) is 0 Å². The standard InChI is InChI=1S/C10H11ClN4O2S2/c11-4-8-3-10(18-6-8)19(16,17)15-2-1-14-7-12-13-9(14)5-15/h3,6-7H,1-2,4-5H2. The van der Waals surface area contributed by atoms with Crippen LogP contribution < -0.4 is 0 Å². The van der Waals surface area contributed by atoms with E-state index in [0.29, 0.717) is 29.0 Å². The van der Waals surface area contributed by atoms with Crippen LogP contribution in [-0.4, -0.2) is 34.0 Å². The van der Waals surface area contributed by atoms with Crippen LogP contribution in [0.5, 0.6) is 0 Å². The number of nitrogens with zero attached hydrogens (tertiary/aromatic N) is 4. The lowest BCUT2D eigenvalue weighted by Crippen LogP contribution is -2.37. The van der Waals surface area contributed by atoms with E-state index in [0.717, 1.165) is 5.56 Å². The maximum absolute atomic E-state index is 12.5. The Morgan fingerprint density at radius 1 is 1.42 bits per heavy atom. The first-order valence-electron chi connectivity index (χ1n) is 5.61. The van der Waals surface area contributed by atoms with E-state index in [4.69, 9.17) is 11.6 Å². The predicted octanol–water partition coefficient (Wildman–Crippen LogP) is 1.28. The number of aromatic nitrogens is 3. The number of sulfonamides is 1. The van der Waals surface area contributed by atoms with Gasteiger partial charge in [-0.2, -0.15) is 4.31 Å². The monoisotopic (exact) mass is 318 g/mol. The fourth-order valence-electron chi connectivity index (χ4n) is 1.94. The minimum absolute atomic E-state index is 0.260. The summed E-state index contributed by atoms with van der Waals surface area (Å²) in [4.78, 5) is 0. The molecule has 9 heteroatoms. The fourth-order valence-corrected chi connectivity index (χ4v) is 4.93. The molecule has 0 fully saturated rings. The molecule has 0 atom stereocenters. The Hall–Kier alpha value is -0.960. The first-order chi connectivity index (χ1) is 9.11. The van der Waals surface area contributed by atoms with Gasteiger partial charge in [-0.1, -0.05) is 0 Å². The summed E-state index contributed by atoms with van der Waals surface area (Å²) in [5, 5.41) is 9.48. The molecule has 1 aliphatic heterocycles. The van der Waals surface area contributed by atoms with E-state index in [-0.39, 0.29) is 6.54 Å². The van der Waals surface area contributed by atoms with E-state index < -0.39 is 10.0 Å². The summed E-state index contributed by atoms with van der Waals surface area (Å²) < 4.78 is 28.6. The van der Waals surface area contributed by atoms with Gasteiger partial charge < -0.3 is 4.57 Å². The number of hydrogen-bond acceptors (Lipinski definition) is 5. The van der Waals surface area contributed by atoms with Crippen LogP contribution in [0.2, 0.25) is 0 Å². The average molecular weight is 319 g/mol. The second-order valence-corrected chi connectivity index (χ2v) is 7.53. The van der Waals surface area contributed by atoms with Gasteiger partial charge in [0, 0.05) is 19.0 Å². The molecule has 3 rings (SSSR count). The van der Waals surface area contributed by atoms with Crippen molar-refractivity contribution in [3.05, 3.63) is 29.2 Å². The third kappa shape index (κ3) is 2.29. The molecule has 0 aliphatic carbocycles. The summed E-state index contributed by atoms with van der Waals surface area (Å²) in [5.74, 6) is 0.990. The summed E-state index contributed by atoms with van der Waals surface area (Å²) in [6.45, 7) is 1.27. The number of halogens is 1. The quantitative estimate of drug-likeness (QED) is 0.800. The largest absolute Gasteiger partial charge is 0.315 e. The molecule has 0 spiro atoms. The minimum atomic E-state index is -3.46. The molecular formula is C10H11ClN4O2S2. The van der Waals surface area contributed by atoms with E-state index in [2.05, 4.69) is 10.2 Å². The van der Waals surface area contributed by atoms with Crippen molar-refractivity contribution < 1.29 is 8.42 Å². The van der Waals surface area contributed by atoms with Gasteiger partial charge in [0.25, 0.3) is 10.0 Å². The van der Waals surface area contributed by atoms with Crippen LogP contribution >= 0.6 is 22.9 Å². The Morgan fingerprint density at radius 2 is 2.26 bits per heavy atom. The van der Waals surface area contributed by atoms with Gasteiger partial charge in [0.15, 0.2) is 0 Å². The highest BCUT2D eigenvalue weighted by Gasteiger charge is 2.30. The molecule has 0 amide bonds. The third-order valence-corrected chi connectivity index (χ3v) is 6.60. The summed E-state index contributed by atoms with van der Waals surface area (Å²) in [5.41, 5.74) is 0.824. The molecule has 0 saturated heterocycles. The van der Waals surface area contributed by atoms with Crippen LogP contribution in [0, 0.1) is 0 Å². The van der Waals surface area contributed by atoms with E-state index in [1.54, 1.807) is 17.8 Å². The van der Waals surface area contributed by atoms with Crippen molar-refractivity contribution >= 4 is 33.0 Å². The number of fused-ring (bicyclic) bond motifs is 1. The molecule has 0 bridgehead atoms. The number of thiophene rings is 1. The first kappa shape index (κ1) is 13.0. The van der Waals surface area contributed by atoms with Gasteiger partial charge in [0.05, 0.1) is 6.54 Å². The van der Waals surface area contributed by atoms with Crippen molar-refractivity contribution in [2.75, 3.05) is 6.54 Å². The average Bonchev–Trinajstić information content (AvgIpc) is 3.06. The zero-order valence-corrected chi connectivity index (χ0v) is 12.2. The molecule has 3 heterocycles. The Balaban J connectivity index is 1.89. The number of hydrogen-bond donors (Lipinski definition) is 0. The van der Waals surface area contributed by atoms with Gasteiger partial charge in [-0.05, 0) is 17.0 Å². The molecule has 0 aromatic carbocycles. The number of alkyl halides is 1. The lowest BCUT2D eigenvalue weighted by atomic mass is 10.4. The fraction of sp³-hybridized carbons (Fsp3) is 0.400. The second kappa shape index (κ2) is 4.86. The number of rotatable bonds is 3. The smallest absolute Gasteiger partial charge is 0.253 e. The molecule has 1 aliphatic rings. The predicted molar refractivity (Wildman–Crippen MR) is 71.5 cm³/mol. The normalized spacial score (nSPS) is 16.5. The van der Waals surface area contributed by atoms with Crippen molar-refractivity contribution in [3.63, 3.8) is 0 Å². The van der Waals surface area contributed by atoms with E-state index in [9.17, 15) is 8.42 Å². The summed E-state index contributed by atoms with van der Waals surface area (Å²) >= 11 is 6.91. The Morgan fingerprint density at radius 3 is 3.00 bits per heavy atom. The van der Waals surface area contributed by atoms with Crippen LogP contribution in [0.25, 0.3) is 0 Å². The van der Waals surface area contributed by atoms with Gasteiger partial charge in [-0.15, -0.1) is 33.1 Å². The van der Waals surface area contributed by atoms with E-state index in [1.165, 1.54) is 15.6 Å². The highest BCUT2D eigenvalue weighted by atomic mass is 35.5. The van der Waals surface area contributed by atoms with Gasteiger partial charge in [-0.3, -0.25) is 0 Å². The van der Waals surface area contributed by atoms with Crippen LogP contribution in [0.4, 0.5) is 0 Å². The van der Waals surface area contributed by atoms with E-state index >= 15 is 0 Å². The van der Waals surface area contributed by atoms with Crippen molar-refractivity contribution in [3.8, 4) is 0 Å². The topological polar surface area (TPSA) is 68.1 Å². The maximum atomic E-state index is 12.5.